The number of carbonyl (C=O) groups is 1. The van der Waals surface area contributed by atoms with Crippen molar-refractivity contribution in [2.75, 3.05) is 13.2 Å². The van der Waals surface area contributed by atoms with Crippen LogP contribution < -0.4 is 0 Å². The van der Waals surface area contributed by atoms with E-state index in [-0.39, 0.29) is 19.2 Å². The Morgan fingerprint density at radius 3 is 2.19 bits per heavy atom. The van der Waals surface area contributed by atoms with E-state index in [1.54, 1.807) is 0 Å². The van der Waals surface area contributed by atoms with E-state index in [9.17, 15) is 4.79 Å². The van der Waals surface area contributed by atoms with Crippen LogP contribution in [0.25, 0.3) is 0 Å². The summed E-state index contributed by atoms with van der Waals surface area (Å²) in [5.41, 5.74) is 0. The molecule has 0 aromatic rings. The number of ether oxygens (including phenoxy) is 2. The van der Waals surface area contributed by atoms with Gasteiger partial charge in [0, 0.05) is 6.42 Å². The van der Waals surface area contributed by atoms with Gasteiger partial charge in [0.2, 0.25) is 0 Å². The Labute approximate surface area is 129 Å². The minimum absolute atomic E-state index is 0.0856. The van der Waals surface area contributed by atoms with Crippen molar-refractivity contribution in [1.29, 1.82) is 0 Å². The van der Waals surface area contributed by atoms with Crippen LogP contribution in [0.3, 0.4) is 0 Å². The summed E-state index contributed by atoms with van der Waals surface area (Å²) >= 11 is 0. The molecule has 1 saturated heterocycles. The Bertz CT molecular complexity index is 268. The second kappa shape index (κ2) is 12.0. The second-order valence-corrected chi connectivity index (χ2v) is 5.93. The van der Waals surface area contributed by atoms with E-state index in [1.807, 2.05) is 0 Å². The lowest BCUT2D eigenvalue weighted by Crippen LogP contribution is -2.07. The van der Waals surface area contributed by atoms with Crippen LogP contribution in [0.2, 0.25) is 0 Å². The molecule has 1 heterocycles. The predicted octanol–water partition coefficient (Wildman–Crippen LogP) is 3.60. The Hall–Kier alpha value is -0.610. The number of hydrogen-bond donors (Lipinski definition) is 1. The van der Waals surface area contributed by atoms with E-state index >= 15 is 0 Å². The van der Waals surface area contributed by atoms with Gasteiger partial charge in [-0.25, -0.2) is 0 Å². The fourth-order valence-corrected chi connectivity index (χ4v) is 2.70. The molecule has 2 atom stereocenters. The topological polar surface area (TPSA) is 59.1 Å². The molecule has 1 aliphatic rings. The zero-order valence-electron chi connectivity index (χ0n) is 13.5. The summed E-state index contributed by atoms with van der Waals surface area (Å²) in [5.74, 6) is -0.184. The van der Waals surface area contributed by atoms with Gasteiger partial charge in [0.1, 0.15) is 6.61 Å². The number of rotatable bonds is 14. The van der Waals surface area contributed by atoms with Gasteiger partial charge in [-0.3, -0.25) is 4.79 Å². The van der Waals surface area contributed by atoms with E-state index in [1.165, 1.54) is 44.9 Å². The van der Waals surface area contributed by atoms with Crippen LogP contribution in [0.5, 0.6) is 0 Å². The molecule has 1 N–H and O–H groups in total. The van der Waals surface area contributed by atoms with Crippen LogP contribution in [0, 0.1) is 0 Å². The smallest absolute Gasteiger partial charge is 0.305 e. The lowest BCUT2D eigenvalue weighted by Gasteiger charge is -2.03. The molecule has 0 radical (unpaired) electrons. The molecule has 21 heavy (non-hydrogen) atoms. The maximum absolute atomic E-state index is 11.2. The highest BCUT2D eigenvalue weighted by Crippen LogP contribution is 2.29. The lowest BCUT2D eigenvalue weighted by atomic mass is 10.0. The lowest BCUT2D eigenvalue weighted by molar-refractivity contribution is -0.144. The Kier molecular flexibility index (Phi) is 10.5. The van der Waals surface area contributed by atoms with Gasteiger partial charge in [0.05, 0.1) is 18.8 Å². The van der Waals surface area contributed by atoms with Crippen molar-refractivity contribution in [2.45, 2.75) is 89.8 Å². The highest BCUT2D eigenvalue weighted by Gasteiger charge is 2.35. The summed E-state index contributed by atoms with van der Waals surface area (Å²) in [6.45, 7) is 2.23. The number of aliphatic hydroxyl groups is 1. The first-order valence-corrected chi connectivity index (χ1v) is 8.70. The molecular weight excluding hydrogens is 268 g/mol. The summed E-state index contributed by atoms with van der Waals surface area (Å²) in [7, 11) is 0. The second-order valence-electron chi connectivity index (χ2n) is 5.93. The van der Waals surface area contributed by atoms with Gasteiger partial charge in [0.25, 0.3) is 0 Å². The van der Waals surface area contributed by atoms with Gasteiger partial charge in [-0.05, 0) is 19.3 Å². The number of aliphatic hydroxyl groups excluding tert-OH is 1. The molecule has 1 fully saturated rings. The van der Waals surface area contributed by atoms with Gasteiger partial charge in [-0.2, -0.15) is 0 Å². The first kappa shape index (κ1) is 18.4. The maximum Gasteiger partial charge on any atom is 0.305 e. The van der Waals surface area contributed by atoms with Crippen molar-refractivity contribution in [1.82, 2.24) is 0 Å². The van der Waals surface area contributed by atoms with E-state index in [0.717, 1.165) is 19.3 Å². The third kappa shape index (κ3) is 9.86. The van der Waals surface area contributed by atoms with E-state index < -0.39 is 0 Å². The number of esters is 1. The molecule has 0 aromatic carbocycles. The minimum atomic E-state index is -0.184. The molecule has 2 unspecified atom stereocenters. The zero-order chi connectivity index (χ0) is 15.3. The fourth-order valence-electron chi connectivity index (χ4n) is 2.70. The molecule has 0 aliphatic carbocycles. The van der Waals surface area contributed by atoms with Crippen molar-refractivity contribution in [3.8, 4) is 0 Å². The number of epoxide rings is 1. The van der Waals surface area contributed by atoms with Gasteiger partial charge < -0.3 is 14.6 Å². The predicted molar refractivity (Wildman–Crippen MR) is 83.2 cm³/mol. The van der Waals surface area contributed by atoms with Gasteiger partial charge >= 0.3 is 5.97 Å². The molecule has 1 rings (SSSR count). The largest absolute Gasteiger partial charge is 0.463 e. The average molecular weight is 300 g/mol. The minimum Gasteiger partial charge on any atom is -0.463 e. The third-order valence-corrected chi connectivity index (χ3v) is 4.06. The quantitative estimate of drug-likeness (QED) is 0.302. The summed E-state index contributed by atoms with van der Waals surface area (Å²) in [6, 6.07) is 0. The van der Waals surface area contributed by atoms with E-state index in [4.69, 9.17) is 14.6 Å². The molecule has 0 amide bonds. The summed E-state index contributed by atoms with van der Waals surface area (Å²) in [5, 5.41) is 8.52. The average Bonchev–Trinajstić information content (AvgIpc) is 3.25. The van der Waals surface area contributed by atoms with Gasteiger partial charge in [-0.1, -0.05) is 51.9 Å². The molecular formula is C17H32O4. The maximum atomic E-state index is 11.2. The van der Waals surface area contributed by atoms with E-state index in [2.05, 4.69) is 6.92 Å². The first-order chi connectivity index (χ1) is 10.3. The number of hydrogen-bond acceptors (Lipinski definition) is 4. The monoisotopic (exact) mass is 300 g/mol. The summed E-state index contributed by atoms with van der Waals surface area (Å²) in [4.78, 5) is 11.2. The van der Waals surface area contributed by atoms with Crippen LogP contribution in [-0.2, 0) is 14.3 Å². The molecule has 0 saturated carbocycles. The Morgan fingerprint density at radius 1 is 1.00 bits per heavy atom. The molecule has 124 valence electrons. The van der Waals surface area contributed by atoms with Crippen molar-refractivity contribution in [2.24, 2.45) is 0 Å². The zero-order valence-corrected chi connectivity index (χ0v) is 13.5. The standard InChI is InChI=1S/C17H32O4/c1-2-15-16(21-15)11-9-7-5-3-4-6-8-10-12-17(19)20-14-13-18/h15-16,18H,2-14H2,1H3. The SMILES string of the molecule is CCC1OC1CCCCCCCCCCC(=O)OCCO. The molecule has 1 aliphatic heterocycles. The van der Waals surface area contributed by atoms with Crippen molar-refractivity contribution in [3.05, 3.63) is 0 Å². The summed E-state index contributed by atoms with van der Waals surface area (Å²) < 4.78 is 10.3. The summed E-state index contributed by atoms with van der Waals surface area (Å²) in [6.07, 6.45) is 13.8. The normalized spacial score (nSPS) is 20.5. The van der Waals surface area contributed by atoms with Crippen LogP contribution in [0.1, 0.15) is 77.6 Å². The van der Waals surface area contributed by atoms with Crippen LogP contribution in [0.15, 0.2) is 0 Å². The van der Waals surface area contributed by atoms with Gasteiger partial charge in [0.15, 0.2) is 0 Å². The molecule has 0 aromatic heterocycles. The molecule has 4 nitrogen and oxygen atoms in total. The Balaban J connectivity index is 1.72. The molecule has 4 heteroatoms. The molecule has 0 bridgehead atoms. The van der Waals surface area contributed by atoms with Gasteiger partial charge in [-0.15, -0.1) is 0 Å². The highest BCUT2D eigenvalue weighted by atomic mass is 16.6. The third-order valence-electron chi connectivity index (χ3n) is 4.06. The van der Waals surface area contributed by atoms with Crippen LogP contribution >= 0.6 is 0 Å². The fraction of sp³-hybridized carbons (Fsp3) is 0.941. The number of carbonyl (C=O) groups excluding carboxylic acids is 1. The molecule has 0 spiro atoms. The van der Waals surface area contributed by atoms with E-state index in [0.29, 0.717) is 18.6 Å². The van der Waals surface area contributed by atoms with Crippen molar-refractivity contribution >= 4 is 5.97 Å². The van der Waals surface area contributed by atoms with Crippen LogP contribution in [0.4, 0.5) is 0 Å². The van der Waals surface area contributed by atoms with Crippen molar-refractivity contribution in [3.63, 3.8) is 0 Å². The first-order valence-electron chi connectivity index (χ1n) is 8.70. The highest BCUT2D eigenvalue weighted by molar-refractivity contribution is 5.69. The Morgan fingerprint density at radius 2 is 1.62 bits per heavy atom. The number of unbranched alkanes of at least 4 members (excludes halogenated alkanes) is 7. The van der Waals surface area contributed by atoms with Crippen LogP contribution in [-0.4, -0.2) is 36.5 Å². The van der Waals surface area contributed by atoms with Crippen molar-refractivity contribution < 1.29 is 19.4 Å².